The molecule has 0 unspecified atom stereocenters. The number of rotatable bonds is 2. The van der Waals surface area contributed by atoms with Crippen molar-refractivity contribution >= 4 is 10.9 Å². The van der Waals surface area contributed by atoms with Crippen molar-refractivity contribution in [2.45, 2.75) is 19.3 Å². The maximum atomic E-state index is 13.7. The van der Waals surface area contributed by atoms with Crippen molar-refractivity contribution in [3.8, 4) is 0 Å². The molecule has 0 aliphatic rings. The van der Waals surface area contributed by atoms with E-state index in [9.17, 15) is 4.39 Å². The number of hydrogen-bond donors (Lipinski definition) is 2. The third-order valence-corrected chi connectivity index (χ3v) is 2.89. The molecule has 3 N–H and O–H groups in total. The first kappa shape index (κ1) is 10.2. The van der Waals surface area contributed by atoms with Crippen molar-refractivity contribution in [2.24, 2.45) is 5.73 Å². The maximum Gasteiger partial charge on any atom is 0.132 e. The second-order valence-electron chi connectivity index (χ2n) is 4.45. The molecule has 1 heterocycles. The summed E-state index contributed by atoms with van der Waals surface area (Å²) < 4.78 is 13.7. The summed E-state index contributed by atoms with van der Waals surface area (Å²) in [5, 5.41) is 0.660. The van der Waals surface area contributed by atoms with E-state index in [4.69, 9.17) is 5.73 Å². The van der Waals surface area contributed by atoms with Crippen molar-refractivity contribution < 1.29 is 4.39 Å². The summed E-state index contributed by atoms with van der Waals surface area (Å²) in [5.41, 5.74) is 7.26. The van der Waals surface area contributed by atoms with Crippen LogP contribution in [0.5, 0.6) is 0 Å². The Morgan fingerprint density at radius 1 is 1.40 bits per heavy atom. The van der Waals surface area contributed by atoms with Crippen LogP contribution < -0.4 is 5.73 Å². The van der Waals surface area contributed by atoms with Crippen molar-refractivity contribution in [2.75, 3.05) is 6.54 Å². The first-order valence-electron chi connectivity index (χ1n) is 5.02. The first-order chi connectivity index (χ1) is 7.06. The summed E-state index contributed by atoms with van der Waals surface area (Å²) in [7, 11) is 0. The molecule has 0 aliphatic heterocycles. The number of aromatic amines is 1. The Morgan fingerprint density at radius 2 is 2.13 bits per heavy atom. The SMILES string of the molecule is CC(C)(CN)c1c[nH]c2cccc(F)c12. The zero-order valence-corrected chi connectivity index (χ0v) is 8.97. The van der Waals surface area contributed by atoms with E-state index in [2.05, 4.69) is 4.98 Å². The van der Waals surface area contributed by atoms with Crippen molar-refractivity contribution in [1.29, 1.82) is 0 Å². The third-order valence-electron chi connectivity index (χ3n) is 2.89. The number of H-pyrrole nitrogens is 1. The van der Waals surface area contributed by atoms with Gasteiger partial charge in [-0.1, -0.05) is 19.9 Å². The van der Waals surface area contributed by atoms with Gasteiger partial charge in [0.05, 0.1) is 0 Å². The van der Waals surface area contributed by atoms with E-state index in [1.54, 1.807) is 6.07 Å². The van der Waals surface area contributed by atoms with Crippen LogP contribution in [-0.4, -0.2) is 11.5 Å². The fourth-order valence-electron chi connectivity index (χ4n) is 1.78. The van der Waals surface area contributed by atoms with E-state index in [1.807, 2.05) is 26.1 Å². The average Bonchev–Trinajstić information content (AvgIpc) is 2.63. The summed E-state index contributed by atoms with van der Waals surface area (Å²) in [6.45, 7) is 4.53. The molecule has 0 bridgehead atoms. The van der Waals surface area contributed by atoms with E-state index in [0.29, 0.717) is 11.9 Å². The van der Waals surface area contributed by atoms with Crippen LogP contribution in [0.1, 0.15) is 19.4 Å². The highest BCUT2D eigenvalue weighted by atomic mass is 19.1. The molecule has 2 nitrogen and oxygen atoms in total. The Balaban J connectivity index is 2.73. The highest BCUT2D eigenvalue weighted by Gasteiger charge is 2.23. The van der Waals surface area contributed by atoms with Gasteiger partial charge in [0.15, 0.2) is 0 Å². The maximum absolute atomic E-state index is 13.7. The quantitative estimate of drug-likeness (QED) is 0.779. The number of fused-ring (bicyclic) bond motifs is 1. The molecule has 0 spiro atoms. The van der Waals surface area contributed by atoms with Crippen LogP contribution >= 0.6 is 0 Å². The minimum Gasteiger partial charge on any atom is -0.361 e. The smallest absolute Gasteiger partial charge is 0.132 e. The van der Waals surface area contributed by atoms with Crippen LogP contribution in [-0.2, 0) is 5.41 Å². The van der Waals surface area contributed by atoms with Gasteiger partial charge in [0.1, 0.15) is 5.82 Å². The lowest BCUT2D eigenvalue weighted by atomic mass is 9.84. The molecule has 0 radical (unpaired) electrons. The molecule has 1 aromatic heterocycles. The minimum absolute atomic E-state index is 0.190. The van der Waals surface area contributed by atoms with Crippen molar-refractivity contribution in [1.82, 2.24) is 4.98 Å². The molecule has 0 saturated heterocycles. The molecule has 2 aromatic rings. The van der Waals surface area contributed by atoms with Gasteiger partial charge in [0.25, 0.3) is 0 Å². The molecule has 0 saturated carbocycles. The van der Waals surface area contributed by atoms with Crippen LogP contribution in [0.3, 0.4) is 0 Å². The molecule has 15 heavy (non-hydrogen) atoms. The summed E-state index contributed by atoms with van der Waals surface area (Å²) >= 11 is 0. The number of halogens is 1. The monoisotopic (exact) mass is 206 g/mol. The van der Waals surface area contributed by atoms with Gasteiger partial charge in [0.2, 0.25) is 0 Å². The lowest BCUT2D eigenvalue weighted by Gasteiger charge is -2.21. The van der Waals surface area contributed by atoms with Gasteiger partial charge < -0.3 is 10.7 Å². The van der Waals surface area contributed by atoms with Crippen LogP contribution in [0, 0.1) is 5.82 Å². The molecule has 80 valence electrons. The molecule has 0 aliphatic carbocycles. The topological polar surface area (TPSA) is 41.8 Å². The summed E-state index contributed by atoms with van der Waals surface area (Å²) in [6.07, 6.45) is 1.85. The Labute approximate surface area is 88.3 Å². The molecule has 0 fully saturated rings. The Hall–Kier alpha value is -1.35. The Bertz CT molecular complexity index is 485. The highest BCUT2D eigenvalue weighted by Crippen LogP contribution is 2.31. The minimum atomic E-state index is -0.208. The molecule has 2 rings (SSSR count). The second kappa shape index (κ2) is 3.35. The fraction of sp³-hybridized carbons (Fsp3) is 0.333. The first-order valence-corrected chi connectivity index (χ1v) is 5.02. The Kier molecular flexibility index (Phi) is 2.27. The van der Waals surface area contributed by atoms with E-state index >= 15 is 0 Å². The van der Waals surface area contributed by atoms with E-state index < -0.39 is 0 Å². The number of nitrogens with two attached hydrogens (primary N) is 1. The number of aromatic nitrogens is 1. The fourth-order valence-corrected chi connectivity index (χ4v) is 1.78. The lowest BCUT2D eigenvalue weighted by molar-refractivity contribution is 0.540. The predicted molar refractivity (Wildman–Crippen MR) is 60.3 cm³/mol. The van der Waals surface area contributed by atoms with E-state index in [1.165, 1.54) is 6.07 Å². The van der Waals surface area contributed by atoms with Crippen molar-refractivity contribution in [3.63, 3.8) is 0 Å². The normalized spacial score (nSPS) is 12.3. The standard InChI is InChI=1S/C12H15FN2/c1-12(2,7-14)8-6-15-10-5-3-4-9(13)11(8)10/h3-6,15H,7,14H2,1-2H3. The van der Waals surface area contributed by atoms with Crippen LogP contribution in [0.2, 0.25) is 0 Å². The molecule has 0 amide bonds. The summed E-state index contributed by atoms with van der Waals surface area (Å²) in [6, 6.07) is 5.05. The average molecular weight is 206 g/mol. The number of hydrogen-bond acceptors (Lipinski definition) is 1. The van der Waals surface area contributed by atoms with E-state index in [-0.39, 0.29) is 11.2 Å². The van der Waals surface area contributed by atoms with Crippen LogP contribution in [0.25, 0.3) is 10.9 Å². The van der Waals surface area contributed by atoms with Gasteiger partial charge in [0, 0.05) is 29.1 Å². The van der Waals surface area contributed by atoms with Crippen LogP contribution in [0.4, 0.5) is 4.39 Å². The van der Waals surface area contributed by atoms with Gasteiger partial charge in [-0.25, -0.2) is 4.39 Å². The third kappa shape index (κ3) is 1.53. The zero-order chi connectivity index (χ0) is 11.1. The van der Waals surface area contributed by atoms with Crippen LogP contribution in [0.15, 0.2) is 24.4 Å². The Morgan fingerprint density at radius 3 is 2.80 bits per heavy atom. The summed E-state index contributed by atoms with van der Waals surface area (Å²) in [4.78, 5) is 3.07. The molecule has 1 aromatic carbocycles. The number of benzene rings is 1. The van der Waals surface area contributed by atoms with Gasteiger partial charge in [-0.05, 0) is 17.7 Å². The molecule has 0 atom stereocenters. The zero-order valence-electron chi connectivity index (χ0n) is 8.97. The van der Waals surface area contributed by atoms with Crippen molar-refractivity contribution in [3.05, 3.63) is 35.8 Å². The second-order valence-corrected chi connectivity index (χ2v) is 4.45. The highest BCUT2D eigenvalue weighted by molar-refractivity contribution is 5.84. The lowest BCUT2D eigenvalue weighted by Crippen LogP contribution is -2.27. The summed E-state index contributed by atoms with van der Waals surface area (Å²) in [5.74, 6) is -0.190. The van der Waals surface area contributed by atoms with Gasteiger partial charge in [-0.2, -0.15) is 0 Å². The molecule has 3 heteroatoms. The largest absolute Gasteiger partial charge is 0.361 e. The molecular weight excluding hydrogens is 191 g/mol. The molecular formula is C12H15FN2. The van der Waals surface area contributed by atoms with Gasteiger partial charge in [-0.3, -0.25) is 0 Å². The number of nitrogens with one attached hydrogen (secondary N) is 1. The van der Waals surface area contributed by atoms with E-state index in [0.717, 1.165) is 11.1 Å². The van der Waals surface area contributed by atoms with Gasteiger partial charge >= 0.3 is 0 Å². The predicted octanol–water partition coefficient (Wildman–Crippen LogP) is 2.54. The van der Waals surface area contributed by atoms with Gasteiger partial charge in [-0.15, -0.1) is 0 Å².